The van der Waals surface area contributed by atoms with Crippen LogP contribution in [0, 0.1) is 13.8 Å². The molecule has 2 heterocycles. The van der Waals surface area contributed by atoms with Crippen LogP contribution in [0.3, 0.4) is 0 Å². The highest BCUT2D eigenvalue weighted by Gasteiger charge is 2.17. The number of hydrogen-bond donors (Lipinski definition) is 1. The van der Waals surface area contributed by atoms with Crippen LogP contribution in [0.1, 0.15) is 22.0 Å². The quantitative estimate of drug-likeness (QED) is 0.794. The maximum atomic E-state index is 12.4. The first-order chi connectivity index (χ1) is 11.4. The molecule has 0 fully saturated rings. The number of benzene rings is 1. The average molecular weight is 333 g/mol. The van der Waals surface area contributed by atoms with Crippen molar-refractivity contribution in [3.05, 3.63) is 47.5 Å². The van der Waals surface area contributed by atoms with E-state index in [1.807, 2.05) is 6.92 Å². The van der Waals surface area contributed by atoms with Gasteiger partial charge < -0.3 is 10.1 Å². The minimum absolute atomic E-state index is 0.0996. The van der Waals surface area contributed by atoms with Crippen LogP contribution in [-0.4, -0.2) is 32.1 Å². The first-order valence-electron chi connectivity index (χ1n) is 7.00. The first kappa shape index (κ1) is 15.8. The standard InChI is InChI=1S/C15H13F2N5O2/c1-8-7-9(2)22-15(18-8)20-12(21-22)13(23)19-10-5-3-4-6-11(10)24-14(16)17/h3-7,14H,1-2H3,(H,19,23). The van der Waals surface area contributed by atoms with E-state index >= 15 is 0 Å². The lowest BCUT2D eigenvalue weighted by Crippen LogP contribution is -2.15. The van der Waals surface area contributed by atoms with Gasteiger partial charge in [-0.05, 0) is 32.0 Å². The zero-order valence-electron chi connectivity index (χ0n) is 12.8. The van der Waals surface area contributed by atoms with Gasteiger partial charge in [0.05, 0.1) is 5.69 Å². The van der Waals surface area contributed by atoms with Crippen molar-refractivity contribution in [2.24, 2.45) is 0 Å². The number of para-hydroxylation sites is 2. The average Bonchev–Trinajstić information content (AvgIpc) is 2.93. The van der Waals surface area contributed by atoms with Gasteiger partial charge in [0.2, 0.25) is 5.82 Å². The molecule has 2 aromatic heterocycles. The highest BCUT2D eigenvalue weighted by molar-refractivity contribution is 6.02. The Morgan fingerprint density at radius 1 is 1.25 bits per heavy atom. The fourth-order valence-electron chi connectivity index (χ4n) is 2.21. The SMILES string of the molecule is Cc1cc(C)n2nc(C(=O)Nc3ccccc3OC(F)F)nc2n1. The molecule has 3 aromatic rings. The molecule has 3 rings (SSSR count). The van der Waals surface area contributed by atoms with E-state index in [1.54, 1.807) is 19.1 Å². The predicted octanol–water partition coefficient (Wildman–Crippen LogP) is 2.59. The molecule has 1 N–H and O–H groups in total. The molecule has 124 valence electrons. The Balaban J connectivity index is 1.89. The molecule has 1 amide bonds. The van der Waals surface area contributed by atoms with Crippen LogP contribution in [0.2, 0.25) is 0 Å². The molecule has 0 atom stereocenters. The van der Waals surface area contributed by atoms with E-state index in [4.69, 9.17) is 0 Å². The largest absolute Gasteiger partial charge is 0.433 e. The fourth-order valence-corrected chi connectivity index (χ4v) is 2.21. The Morgan fingerprint density at radius 2 is 2.00 bits per heavy atom. The van der Waals surface area contributed by atoms with E-state index in [0.717, 1.165) is 11.4 Å². The lowest BCUT2D eigenvalue weighted by molar-refractivity contribution is -0.0493. The molecular formula is C15H13F2N5O2. The molecule has 0 aliphatic carbocycles. The summed E-state index contributed by atoms with van der Waals surface area (Å²) in [4.78, 5) is 20.5. The Bertz CT molecular complexity index is 910. The molecular weight excluding hydrogens is 320 g/mol. The minimum Gasteiger partial charge on any atom is -0.433 e. The number of fused-ring (bicyclic) bond motifs is 1. The first-order valence-corrected chi connectivity index (χ1v) is 7.00. The zero-order chi connectivity index (χ0) is 17.3. The van der Waals surface area contributed by atoms with Crippen LogP contribution in [-0.2, 0) is 0 Å². The molecule has 0 spiro atoms. The summed E-state index contributed by atoms with van der Waals surface area (Å²) in [5, 5.41) is 6.55. The van der Waals surface area contributed by atoms with Crippen molar-refractivity contribution >= 4 is 17.4 Å². The third-order valence-corrected chi connectivity index (χ3v) is 3.17. The molecule has 0 radical (unpaired) electrons. The summed E-state index contributed by atoms with van der Waals surface area (Å²) < 4.78 is 30.6. The number of anilines is 1. The van der Waals surface area contributed by atoms with Gasteiger partial charge >= 0.3 is 6.61 Å². The van der Waals surface area contributed by atoms with Gasteiger partial charge in [-0.2, -0.15) is 13.8 Å². The van der Waals surface area contributed by atoms with Gasteiger partial charge in [-0.25, -0.2) is 9.50 Å². The summed E-state index contributed by atoms with van der Waals surface area (Å²) in [6, 6.07) is 7.68. The van der Waals surface area contributed by atoms with E-state index in [2.05, 4.69) is 25.1 Å². The van der Waals surface area contributed by atoms with Crippen LogP contribution >= 0.6 is 0 Å². The highest BCUT2D eigenvalue weighted by Crippen LogP contribution is 2.25. The van der Waals surface area contributed by atoms with Crippen molar-refractivity contribution in [1.29, 1.82) is 0 Å². The van der Waals surface area contributed by atoms with Crippen LogP contribution in [0.5, 0.6) is 5.75 Å². The lowest BCUT2D eigenvalue weighted by Gasteiger charge is -2.10. The summed E-state index contributed by atoms with van der Waals surface area (Å²) in [6.07, 6.45) is 0. The summed E-state index contributed by atoms with van der Waals surface area (Å²) >= 11 is 0. The normalized spacial score (nSPS) is 11.0. The fraction of sp³-hybridized carbons (Fsp3) is 0.200. The van der Waals surface area contributed by atoms with Gasteiger partial charge in [0.15, 0.2) is 0 Å². The van der Waals surface area contributed by atoms with Crippen LogP contribution in [0.4, 0.5) is 14.5 Å². The van der Waals surface area contributed by atoms with E-state index in [1.165, 1.54) is 22.7 Å². The Labute approximate surface area is 135 Å². The monoisotopic (exact) mass is 333 g/mol. The highest BCUT2D eigenvalue weighted by atomic mass is 19.3. The third kappa shape index (κ3) is 3.14. The van der Waals surface area contributed by atoms with Gasteiger partial charge in [-0.15, -0.1) is 5.10 Å². The van der Waals surface area contributed by atoms with Crippen molar-refractivity contribution in [3.63, 3.8) is 0 Å². The van der Waals surface area contributed by atoms with E-state index < -0.39 is 12.5 Å². The zero-order valence-corrected chi connectivity index (χ0v) is 12.8. The number of hydrogen-bond acceptors (Lipinski definition) is 5. The topological polar surface area (TPSA) is 81.4 Å². The van der Waals surface area contributed by atoms with E-state index in [9.17, 15) is 13.6 Å². The van der Waals surface area contributed by atoms with Crippen LogP contribution in [0.15, 0.2) is 30.3 Å². The molecule has 0 unspecified atom stereocenters. The lowest BCUT2D eigenvalue weighted by atomic mass is 10.3. The molecule has 0 saturated carbocycles. The Morgan fingerprint density at radius 3 is 2.75 bits per heavy atom. The van der Waals surface area contributed by atoms with Gasteiger partial charge in [0.25, 0.3) is 11.7 Å². The number of rotatable bonds is 4. The third-order valence-electron chi connectivity index (χ3n) is 3.17. The smallest absolute Gasteiger partial charge is 0.387 e. The van der Waals surface area contributed by atoms with Crippen LogP contribution < -0.4 is 10.1 Å². The maximum absolute atomic E-state index is 12.4. The molecule has 0 aliphatic heterocycles. The molecule has 24 heavy (non-hydrogen) atoms. The molecule has 0 bridgehead atoms. The summed E-state index contributed by atoms with van der Waals surface area (Å²) in [5.74, 6) is -0.629. The summed E-state index contributed by atoms with van der Waals surface area (Å²) in [5.41, 5.74) is 1.61. The Hall–Kier alpha value is -3.10. The van der Waals surface area contributed by atoms with Gasteiger partial charge in [0, 0.05) is 11.4 Å². The van der Waals surface area contributed by atoms with Gasteiger partial charge in [0.1, 0.15) is 5.75 Å². The number of carbonyl (C=O) groups excluding carboxylic acids is 1. The van der Waals surface area contributed by atoms with Crippen molar-refractivity contribution < 1.29 is 18.3 Å². The second-order valence-electron chi connectivity index (χ2n) is 5.01. The molecule has 7 nitrogen and oxygen atoms in total. The number of aromatic nitrogens is 4. The number of nitrogens with zero attached hydrogens (tertiary/aromatic N) is 4. The minimum atomic E-state index is -2.99. The second kappa shape index (κ2) is 6.19. The van der Waals surface area contributed by atoms with E-state index in [0.29, 0.717) is 0 Å². The van der Waals surface area contributed by atoms with E-state index in [-0.39, 0.29) is 23.0 Å². The van der Waals surface area contributed by atoms with Crippen molar-refractivity contribution in [3.8, 4) is 5.75 Å². The maximum Gasteiger partial charge on any atom is 0.387 e. The van der Waals surface area contributed by atoms with Crippen molar-refractivity contribution in [2.45, 2.75) is 20.5 Å². The second-order valence-corrected chi connectivity index (χ2v) is 5.01. The van der Waals surface area contributed by atoms with Gasteiger partial charge in [-0.3, -0.25) is 4.79 Å². The number of ether oxygens (including phenoxy) is 1. The number of halogens is 2. The van der Waals surface area contributed by atoms with Gasteiger partial charge in [-0.1, -0.05) is 12.1 Å². The number of aryl methyl sites for hydroxylation is 2. The Kier molecular flexibility index (Phi) is 4.07. The molecule has 1 aromatic carbocycles. The predicted molar refractivity (Wildman–Crippen MR) is 81.3 cm³/mol. The number of alkyl halides is 2. The molecule has 0 saturated heterocycles. The molecule has 9 heteroatoms. The number of amides is 1. The summed E-state index contributed by atoms with van der Waals surface area (Å²) in [7, 11) is 0. The van der Waals surface area contributed by atoms with Crippen molar-refractivity contribution in [1.82, 2.24) is 19.6 Å². The van der Waals surface area contributed by atoms with Crippen molar-refractivity contribution in [2.75, 3.05) is 5.32 Å². The number of carbonyl (C=O) groups is 1. The van der Waals surface area contributed by atoms with Crippen LogP contribution in [0.25, 0.3) is 5.78 Å². The molecule has 0 aliphatic rings. The summed E-state index contributed by atoms with van der Waals surface area (Å²) in [6.45, 7) is 0.620. The number of nitrogens with one attached hydrogen (secondary N) is 1.